The van der Waals surface area contributed by atoms with Crippen molar-refractivity contribution < 1.29 is 19.4 Å². The Labute approximate surface area is 174 Å². The van der Waals surface area contributed by atoms with E-state index in [0.29, 0.717) is 5.16 Å². The summed E-state index contributed by atoms with van der Waals surface area (Å²) in [6, 6.07) is 15.5. The van der Waals surface area contributed by atoms with Crippen LogP contribution in [0.5, 0.6) is 11.5 Å². The molecule has 0 atom stereocenters. The van der Waals surface area contributed by atoms with Crippen LogP contribution in [0.3, 0.4) is 0 Å². The number of carbonyl (C=O) groups is 1. The molecule has 3 rings (SSSR count). The number of carboxylic acids is 1. The molecular weight excluding hydrogens is 388 g/mol. The van der Waals surface area contributed by atoms with Crippen molar-refractivity contribution >= 4 is 17.7 Å². The highest BCUT2D eigenvalue weighted by Gasteiger charge is 2.20. The van der Waals surface area contributed by atoms with E-state index in [4.69, 9.17) is 14.5 Å². The van der Waals surface area contributed by atoms with Crippen molar-refractivity contribution in [3.8, 4) is 34.0 Å². The quantitative estimate of drug-likeness (QED) is 0.502. The predicted molar refractivity (Wildman–Crippen MR) is 112 cm³/mol. The number of carboxylic acid groups (broad SMARTS) is 1. The number of methoxy groups -OCH3 is 2. The first-order valence-electron chi connectivity index (χ1n) is 9.29. The van der Waals surface area contributed by atoms with Crippen LogP contribution in [-0.4, -0.2) is 35.5 Å². The molecule has 2 aromatic carbocycles. The van der Waals surface area contributed by atoms with Crippen LogP contribution in [0.4, 0.5) is 0 Å². The fourth-order valence-electron chi connectivity index (χ4n) is 3.09. The summed E-state index contributed by atoms with van der Waals surface area (Å²) in [4.78, 5) is 15.8. The molecule has 0 aliphatic carbocycles. The lowest BCUT2D eigenvalue weighted by Gasteiger charge is -2.13. The first kappa shape index (κ1) is 20.8. The van der Waals surface area contributed by atoms with Crippen molar-refractivity contribution in [2.24, 2.45) is 0 Å². The third kappa shape index (κ3) is 4.74. The van der Waals surface area contributed by atoms with Crippen molar-refractivity contribution in [3.63, 3.8) is 0 Å². The highest BCUT2D eigenvalue weighted by Crippen LogP contribution is 2.37. The van der Waals surface area contributed by atoms with Crippen molar-refractivity contribution in [2.75, 3.05) is 20.0 Å². The Morgan fingerprint density at radius 1 is 1.00 bits per heavy atom. The lowest BCUT2D eigenvalue weighted by molar-refractivity contribution is -0.301. The van der Waals surface area contributed by atoms with Gasteiger partial charge >= 0.3 is 0 Å². The lowest BCUT2D eigenvalue weighted by atomic mass is 10.0. The van der Waals surface area contributed by atoms with E-state index in [1.54, 1.807) is 14.2 Å². The smallest absolute Gasteiger partial charge is 0.169 e. The van der Waals surface area contributed by atoms with E-state index in [2.05, 4.69) is 11.5 Å². The average Bonchev–Trinajstić information content (AvgIpc) is 3.11. The standard InChI is InChI=1S/C22H24N2O4S/c1-4-13-24-21(16-7-11-18(28-3)12-8-16)20(23-22(24)29-14-19(25)26)15-5-9-17(27-2)10-6-15/h5-12H,4,13-14H2,1-3H3,(H,25,26)/p-1. The number of rotatable bonds is 9. The summed E-state index contributed by atoms with van der Waals surface area (Å²) in [5.41, 5.74) is 3.66. The molecule has 0 radical (unpaired) electrons. The number of aromatic nitrogens is 2. The van der Waals surface area contributed by atoms with Gasteiger partial charge in [0.05, 0.1) is 31.6 Å². The molecule has 1 aromatic heterocycles. The predicted octanol–water partition coefficient (Wildman–Crippen LogP) is 3.49. The van der Waals surface area contributed by atoms with E-state index in [0.717, 1.165) is 47.0 Å². The zero-order valence-corrected chi connectivity index (χ0v) is 17.5. The number of benzene rings is 2. The minimum absolute atomic E-state index is 0.148. The second-order valence-corrected chi connectivity index (χ2v) is 7.30. The van der Waals surface area contributed by atoms with Crippen molar-refractivity contribution in [3.05, 3.63) is 48.5 Å². The molecule has 1 heterocycles. The minimum Gasteiger partial charge on any atom is -0.549 e. The molecule has 0 N–H and O–H groups in total. The third-order valence-electron chi connectivity index (χ3n) is 4.43. The van der Waals surface area contributed by atoms with Gasteiger partial charge in [-0.2, -0.15) is 0 Å². The Bertz CT molecular complexity index is 966. The van der Waals surface area contributed by atoms with Crippen LogP contribution in [0.25, 0.3) is 22.5 Å². The van der Waals surface area contributed by atoms with E-state index in [-0.39, 0.29) is 5.75 Å². The largest absolute Gasteiger partial charge is 0.549 e. The van der Waals surface area contributed by atoms with Crippen LogP contribution in [0, 0.1) is 0 Å². The molecule has 0 saturated carbocycles. The molecule has 6 nitrogen and oxygen atoms in total. The van der Waals surface area contributed by atoms with E-state index < -0.39 is 5.97 Å². The molecule has 0 amide bonds. The van der Waals surface area contributed by atoms with Gasteiger partial charge in [0.15, 0.2) is 5.16 Å². The first-order valence-corrected chi connectivity index (χ1v) is 10.3. The lowest BCUT2D eigenvalue weighted by Crippen LogP contribution is -2.24. The second kappa shape index (κ2) is 9.52. The molecule has 152 valence electrons. The van der Waals surface area contributed by atoms with Gasteiger partial charge in [0, 0.05) is 23.4 Å². The highest BCUT2D eigenvalue weighted by molar-refractivity contribution is 7.99. The fraction of sp³-hybridized carbons (Fsp3) is 0.273. The van der Waals surface area contributed by atoms with Crippen molar-refractivity contribution in [1.82, 2.24) is 9.55 Å². The number of nitrogens with zero attached hydrogens (tertiary/aromatic N) is 2. The SMILES string of the molecule is CCCn1c(SCC(=O)[O-])nc(-c2ccc(OC)cc2)c1-c1ccc(OC)cc1. The molecular formula is C22H23N2O4S-. The maximum absolute atomic E-state index is 11.0. The number of thioether (sulfide) groups is 1. The molecule has 0 aliphatic rings. The molecule has 0 spiro atoms. The molecule has 0 saturated heterocycles. The summed E-state index contributed by atoms with van der Waals surface area (Å²) in [6.07, 6.45) is 0.889. The summed E-state index contributed by atoms with van der Waals surface area (Å²) >= 11 is 1.18. The molecule has 0 bridgehead atoms. The maximum atomic E-state index is 11.0. The van der Waals surface area contributed by atoms with E-state index in [1.165, 1.54) is 11.8 Å². The molecule has 0 unspecified atom stereocenters. The second-order valence-electron chi connectivity index (χ2n) is 6.36. The zero-order chi connectivity index (χ0) is 20.8. The van der Waals surface area contributed by atoms with Gasteiger partial charge in [-0.1, -0.05) is 18.7 Å². The summed E-state index contributed by atoms with van der Waals surface area (Å²) < 4.78 is 12.6. The van der Waals surface area contributed by atoms with Gasteiger partial charge in [-0.25, -0.2) is 4.98 Å². The van der Waals surface area contributed by atoms with Crippen LogP contribution >= 0.6 is 11.8 Å². The molecule has 29 heavy (non-hydrogen) atoms. The Morgan fingerprint density at radius 2 is 1.55 bits per heavy atom. The third-order valence-corrected chi connectivity index (χ3v) is 5.38. The molecule has 7 heteroatoms. The van der Waals surface area contributed by atoms with Gasteiger partial charge in [0.2, 0.25) is 0 Å². The monoisotopic (exact) mass is 411 g/mol. The van der Waals surface area contributed by atoms with E-state index in [9.17, 15) is 9.90 Å². The minimum atomic E-state index is -1.11. The maximum Gasteiger partial charge on any atom is 0.169 e. The van der Waals surface area contributed by atoms with Crippen LogP contribution < -0.4 is 14.6 Å². The van der Waals surface area contributed by atoms with Gasteiger partial charge < -0.3 is 23.9 Å². The molecule has 0 aliphatic heterocycles. The number of aliphatic carboxylic acids is 1. The van der Waals surface area contributed by atoms with Crippen molar-refractivity contribution in [1.29, 1.82) is 0 Å². The Kier molecular flexibility index (Phi) is 6.82. The van der Waals surface area contributed by atoms with Gasteiger partial charge in [0.1, 0.15) is 11.5 Å². The first-order chi connectivity index (χ1) is 14.1. The summed E-state index contributed by atoms with van der Waals surface area (Å²) in [5, 5.41) is 11.7. The number of hydrogen-bond acceptors (Lipinski definition) is 6. The number of imidazole rings is 1. The van der Waals surface area contributed by atoms with Gasteiger partial charge in [-0.05, 0) is 55.0 Å². The Hall–Kier alpha value is -2.93. The summed E-state index contributed by atoms with van der Waals surface area (Å²) in [7, 11) is 3.26. The molecule has 0 fully saturated rings. The van der Waals surface area contributed by atoms with Crippen LogP contribution in [0.2, 0.25) is 0 Å². The number of hydrogen-bond donors (Lipinski definition) is 0. The summed E-state index contributed by atoms with van der Waals surface area (Å²) in [5.74, 6) is 0.273. The zero-order valence-electron chi connectivity index (χ0n) is 16.7. The van der Waals surface area contributed by atoms with E-state index in [1.807, 2.05) is 48.5 Å². The fourth-order valence-corrected chi connectivity index (χ4v) is 3.83. The van der Waals surface area contributed by atoms with Gasteiger partial charge in [-0.15, -0.1) is 0 Å². The Morgan fingerprint density at radius 3 is 2.03 bits per heavy atom. The Balaban J connectivity index is 2.17. The highest BCUT2D eigenvalue weighted by atomic mass is 32.2. The molecule has 3 aromatic rings. The van der Waals surface area contributed by atoms with Gasteiger partial charge in [0.25, 0.3) is 0 Å². The number of ether oxygens (including phenoxy) is 2. The summed E-state index contributed by atoms with van der Waals surface area (Å²) in [6.45, 7) is 2.80. The average molecular weight is 412 g/mol. The van der Waals surface area contributed by atoms with E-state index >= 15 is 0 Å². The van der Waals surface area contributed by atoms with Crippen LogP contribution in [-0.2, 0) is 11.3 Å². The van der Waals surface area contributed by atoms with Gasteiger partial charge in [-0.3, -0.25) is 0 Å². The van der Waals surface area contributed by atoms with Crippen molar-refractivity contribution in [2.45, 2.75) is 25.0 Å². The van der Waals surface area contributed by atoms with Crippen LogP contribution in [0.1, 0.15) is 13.3 Å². The normalized spacial score (nSPS) is 10.7. The topological polar surface area (TPSA) is 76.4 Å². The number of carbonyl (C=O) groups excluding carboxylic acids is 1. The van der Waals surface area contributed by atoms with Crippen LogP contribution in [0.15, 0.2) is 53.7 Å².